The van der Waals surface area contributed by atoms with Gasteiger partial charge in [0.25, 0.3) is 5.91 Å². The first-order valence-corrected chi connectivity index (χ1v) is 9.91. The molecular formula is C21H28N6O. The maximum absolute atomic E-state index is 13.0. The van der Waals surface area contributed by atoms with Crippen molar-refractivity contribution >= 4 is 11.7 Å². The van der Waals surface area contributed by atoms with Crippen molar-refractivity contribution in [3.63, 3.8) is 0 Å². The average Bonchev–Trinajstić information content (AvgIpc) is 3.13. The summed E-state index contributed by atoms with van der Waals surface area (Å²) in [5.41, 5.74) is 2.98. The smallest absolute Gasteiger partial charge is 0.291 e. The molecule has 0 N–H and O–H groups in total. The molecule has 4 rings (SSSR count). The summed E-state index contributed by atoms with van der Waals surface area (Å²) in [5.74, 6) is 1.43. The fourth-order valence-corrected chi connectivity index (χ4v) is 3.96. The van der Waals surface area contributed by atoms with Crippen LogP contribution in [0.2, 0.25) is 0 Å². The number of aromatic nitrogens is 3. The van der Waals surface area contributed by atoms with Crippen LogP contribution in [0, 0.1) is 13.8 Å². The SMILES string of the molecule is Cc1nc(C(=O)N2CC(c3ccccn3)C2)nc(N2CC[C@@H](N(C)C)C2)c1C. The highest BCUT2D eigenvalue weighted by Crippen LogP contribution is 2.28. The monoisotopic (exact) mass is 380 g/mol. The molecule has 0 unspecified atom stereocenters. The molecule has 2 aliphatic rings. The molecule has 2 aromatic rings. The van der Waals surface area contributed by atoms with Crippen molar-refractivity contribution in [1.82, 2.24) is 24.8 Å². The van der Waals surface area contributed by atoms with E-state index in [9.17, 15) is 4.79 Å². The molecule has 2 aromatic heterocycles. The Kier molecular flexibility index (Phi) is 5.02. The van der Waals surface area contributed by atoms with E-state index in [1.54, 1.807) is 6.20 Å². The van der Waals surface area contributed by atoms with Crippen LogP contribution in [-0.2, 0) is 0 Å². The molecule has 2 saturated heterocycles. The van der Waals surface area contributed by atoms with Crippen LogP contribution in [0.3, 0.4) is 0 Å². The molecule has 2 aliphatic heterocycles. The van der Waals surface area contributed by atoms with Gasteiger partial charge in [0.2, 0.25) is 5.82 Å². The molecular weight excluding hydrogens is 352 g/mol. The summed E-state index contributed by atoms with van der Waals surface area (Å²) in [7, 11) is 4.23. The summed E-state index contributed by atoms with van der Waals surface area (Å²) >= 11 is 0. The van der Waals surface area contributed by atoms with E-state index < -0.39 is 0 Å². The number of rotatable bonds is 4. The van der Waals surface area contributed by atoms with Gasteiger partial charge in [-0.15, -0.1) is 0 Å². The predicted octanol–water partition coefficient (Wildman–Crippen LogP) is 1.87. The number of carbonyl (C=O) groups excluding carboxylic acids is 1. The van der Waals surface area contributed by atoms with E-state index in [1.165, 1.54) is 0 Å². The molecule has 7 heteroatoms. The molecule has 7 nitrogen and oxygen atoms in total. The van der Waals surface area contributed by atoms with Crippen LogP contribution in [0.4, 0.5) is 5.82 Å². The van der Waals surface area contributed by atoms with Gasteiger partial charge in [-0.1, -0.05) is 6.07 Å². The molecule has 1 atom stereocenters. The highest BCUT2D eigenvalue weighted by molar-refractivity contribution is 5.91. The third-order valence-corrected chi connectivity index (χ3v) is 6.02. The molecule has 0 radical (unpaired) electrons. The molecule has 148 valence electrons. The number of likely N-dealkylation sites (N-methyl/N-ethyl adjacent to an activating group) is 1. The number of likely N-dealkylation sites (tertiary alicyclic amines) is 1. The fourth-order valence-electron chi connectivity index (χ4n) is 3.96. The third kappa shape index (κ3) is 3.46. The minimum absolute atomic E-state index is 0.0834. The second kappa shape index (κ2) is 7.47. The fraction of sp³-hybridized carbons (Fsp3) is 0.524. The van der Waals surface area contributed by atoms with E-state index in [4.69, 9.17) is 4.98 Å². The Morgan fingerprint density at radius 3 is 2.57 bits per heavy atom. The lowest BCUT2D eigenvalue weighted by Crippen LogP contribution is -2.49. The van der Waals surface area contributed by atoms with Crippen LogP contribution in [-0.4, -0.2) is 77.0 Å². The van der Waals surface area contributed by atoms with Crippen molar-refractivity contribution in [2.75, 3.05) is 45.2 Å². The Morgan fingerprint density at radius 1 is 1.14 bits per heavy atom. The topological polar surface area (TPSA) is 65.5 Å². The zero-order valence-corrected chi connectivity index (χ0v) is 17.1. The first-order valence-electron chi connectivity index (χ1n) is 9.91. The molecule has 28 heavy (non-hydrogen) atoms. The molecule has 0 aromatic carbocycles. The number of pyridine rings is 1. The lowest BCUT2D eigenvalue weighted by Gasteiger charge is -2.38. The third-order valence-electron chi connectivity index (χ3n) is 6.02. The summed E-state index contributed by atoms with van der Waals surface area (Å²) < 4.78 is 0. The Balaban J connectivity index is 1.50. The molecule has 4 heterocycles. The minimum atomic E-state index is -0.0834. The van der Waals surface area contributed by atoms with Gasteiger partial charge < -0.3 is 14.7 Å². The Labute approximate surface area is 166 Å². The molecule has 2 fully saturated rings. The van der Waals surface area contributed by atoms with Crippen molar-refractivity contribution in [3.8, 4) is 0 Å². The van der Waals surface area contributed by atoms with E-state index in [0.29, 0.717) is 30.9 Å². The Hall–Kier alpha value is -2.54. The minimum Gasteiger partial charge on any atom is -0.355 e. The van der Waals surface area contributed by atoms with Gasteiger partial charge in [0, 0.05) is 61.3 Å². The van der Waals surface area contributed by atoms with Crippen LogP contribution >= 0.6 is 0 Å². The lowest BCUT2D eigenvalue weighted by atomic mass is 9.95. The molecule has 1 amide bonds. The van der Waals surface area contributed by atoms with Gasteiger partial charge in [-0.25, -0.2) is 9.97 Å². The maximum atomic E-state index is 13.0. The second-order valence-electron chi connectivity index (χ2n) is 8.10. The zero-order valence-electron chi connectivity index (χ0n) is 17.1. The highest BCUT2D eigenvalue weighted by atomic mass is 16.2. The largest absolute Gasteiger partial charge is 0.355 e. The summed E-state index contributed by atoms with van der Waals surface area (Å²) in [6.07, 6.45) is 2.91. The quantitative estimate of drug-likeness (QED) is 0.807. The molecule has 0 bridgehead atoms. The van der Waals surface area contributed by atoms with Gasteiger partial charge in [-0.05, 0) is 46.5 Å². The second-order valence-corrected chi connectivity index (χ2v) is 8.10. The van der Waals surface area contributed by atoms with Crippen molar-refractivity contribution in [3.05, 3.63) is 47.2 Å². The Bertz CT molecular complexity index is 863. The van der Waals surface area contributed by atoms with E-state index >= 15 is 0 Å². The maximum Gasteiger partial charge on any atom is 0.291 e. The van der Waals surface area contributed by atoms with E-state index in [-0.39, 0.29) is 5.91 Å². The van der Waals surface area contributed by atoms with Gasteiger partial charge in [0.1, 0.15) is 5.82 Å². The highest BCUT2D eigenvalue weighted by Gasteiger charge is 2.35. The number of amides is 1. The summed E-state index contributed by atoms with van der Waals surface area (Å²) in [6, 6.07) is 6.44. The molecule has 0 aliphatic carbocycles. The summed E-state index contributed by atoms with van der Waals surface area (Å²) in [6.45, 7) is 7.25. The number of hydrogen-bond acceptors (Lipinski definition) is 6. The van der Waals surface area contributed by atoms with Crippen LogP contribution < -0.4 is 4.90 Å². The van der Waals surface area contributed by atoms with Gasteiger partial charge in [0.05, 0.1) is 0 Å². The van der Waals surface area contributed by atoms with Crippen LogP contribution in [0.1, 0.15) is 39.9 Å². The van der Waals surface area contributed by atoms with Crippen LogP contribution in [0.25, 0.3) is 0 Å². The number of aryl methyl sites for hydroxylation is 1. The summed E-state index contributed by atoms with van der Waals surface area (Å²) in [5, 5.41) is 0. The van der Waals surface area contributed by atoms with Crippen LogP contribution in [0.5, 0.6) is 0 Å². The zero-order chi connectivity index (χ0) is 19.8. The molecule has 0 saturated carbocycles. The van der Waals surface area contributed by atoms with Crippen molar-refractivity contribution in [1.29, 1.82) is 0 Å². The van der Waals surface area contributed by atoms with E-state index in [0.717, 1.165) is 42.3 Å². The number of anilines is 1. The lowest BCUT2D eigenvalue weighted by molar-refractivity contribution is 0.0585. The first-order chi connectivity index (χ1) is 13.4. The standard InChI is InChI=1S/C21H28N6O/c1-14-15(2)23-19(24-20(14)26-10-8-17(13-26)25(3)4)21(28)27-11-16(12-27)18-7-5-6-9-22-18/h5-7,9,16-17H,8,10-13H2,1-4H3/t17-/m1/s1. The van der Waals surface area contributed by atoms with Crippen molar-refractivity contribution in [2.24, 2.45) is 0 Å². The average molecular weight is 380 g/mol. The van der Waals surface area contributed by atoms with Gasteiger partial charge >= 0.3 is 0 Å². The Morgan fingerprint density at radius 2 is 1.93 bits per heavy atom. The number of nitrogens with zero attached hydrogens (tertiary/aromatic N) is 6. The van der Waals surface area contributed by atoms with E-state index in [2.05, 4.69) is 33.9 Å². The van der Waals surface area contributed by atoms with E-state index in [1.807, 2.05) is 36.9 Å². The predicted molar refractivity (Wildman–Crippen MR) is 109 cm³/mol. The van der Waals surface area contributed by atoms with Crippen molar-refractivity contribution < 1.29 is 4.79 Å². The normalized spacial score (nSPS) is 20.0. The van der Waals surface area contributed by atoms with Gasteiger partial charge in [0.15, 0.2) is 0 Å². The van der Waals surface area contributed by atoms with Gasteiger partial charge in [-0.3, -0.25) is 9.78 Å². The molecule has 0 spiro atoms. The number of carbonyl (C=O) groups is 1. The summed E-state index contributed by atoms with van der Waals surface area (Å²) in [4.78, 5) is 32.9. The van der Waals surface area contributed by atoms with Crippen molar-refractivity contribution in [2.45, 2.75) is 32.2 Å². The number of hydrogen-bond donors (Lipinski definition) is 0. The van der Waals surface area contributed by atoms with Gasteiger partial charge in [-0.2, -0.15) is 0 Å². The first kappa shape index (κ1) is 18.8. The van der Waals surface area contributed by atoms with Crippen LogP contribution in [0.15, 0.2) is 24.4 Å².